The molecule has 2 amide bonds. The second kappa shape index (κ2) is 6.82. The molecule has 0 bridgehead atoms. The lowest BCUT2D eigenvalue weighted by Crippen LogP contribution is -2.37. The van der Waals surface area contributed by atoms with Crippen molar-refractivity contribution in [3.05, 3.63) is 17.5 Å². The quantitative estimate of drug-likeness (QED) is 0.638. The van der Waals surface area contributed by atoms with Crippen molar-refractivity contribution in [2.24, 2.45) is 0 Å². The fourth-order valence-electron chi connectivity index (χ4n) is 1.93. The molecule has 0 aliphatic rings. The Morgan fingerprint density at radius 2 is 2.11 bits per heavy atom. The Morgan fingerprint density at radius 1 is 1.42 bits per heavy atom. The Labute approximate surface area is 112 Å². The highest BCUT2D eigenvalue weighted by molar-refractivity contribution is 5.99. The molecule has 1 aromatic rings. The number of rotatable bonds is 6. The van der Waals surface area contributed by atoms with Gasteiger partial charge in [0.05, 0.1) is 5.69 Å². The molecule has 0 fully saturated rings. The molecule has 0 radical (unpaired) electrons. The summed E-state index contributed by atoms with van der Waals surface area (Å²) in [5.41, 5.74) is 0.971. The van der Waals surface area contributed by atoms with E-state index < -0.39 is 5.97 Å². The molecular weight excluding hydrogens is 246 g/mol. The number of carboxylic acid groups (broad SMARTS) is 1. The van der Waals surface area contributed by atoms with Gasteiger partial charge >= 0.3 is 12.0 Å². The number of amides is 2. The van der Waals surface area contributed by atoms with Crippen molar-refractivity contribution >= 4 is 17.7 Å². The molecule has 1 atom stereocenters. The Bertz CT molecular complexity index is 454. The summed E-state index contributed by atoms with van der Waals surface area (Å²) in [4.78, 5) is 25.5. The lowest BCUT2D eigenvalue weighted by atomic mass is 10.1. The summed E-state index contributed by atoms with van der Waals surface area (Å²) < 4.78 is 0. The van der Waals surface area contributed by atoms with Gasteiger partial charge in [-0.1, -0.05) is 20.3 Å². The summed E-state index contributed by atoms with van der Waals surface area (Å²) in [5.74, 6) is -1.09. The van der Waals surface area contributed by atoms with E-state index in [4.69, 9.17) is 5.11 Å². The predicted molar refractivity (Wildman–Crippen MR) is 73.6 cm³/mol. The van der Waals surface area contributed by atoms with Crippen LogP contribution in [0.25, 0.3) is 0 Å². The van der Waals surface area contributed by atoms with Crippen molar-refractivity contribution in [3.63, 3.8) is 0 Å². The van der Waals surface area contributed by atoms with Crippen LogP contribution in [0.3, 0.4) is 0 Å². The summed E-state index contributed by atoms with van der Waals surface area (Å²) in [6, 6.07) is 1.34. The topological polar surface area (TPSA) is 94.2 Å². The Kier molecular flexibility index (Phi) is 5.41. The van der Waals surface area contributed by atoms with Gasteiger partial charge in [-0.3, -0.25) is 0 Å². The van der Waals surface area contributed by atoms with Gasteiger partial charge in [-0.2, -0.15) is 0 Å². The monoisotopic (exact) mass is 267 g/mol. The van der Waals surface area contributed by atoms with Crippen LogP contribution in [-0.4, -0.2) is 28.1 Å². The van der Waals surface area contributed by atoms with E-state index in [2.05, 4.69) is 22.5 Å². The number of carbonyl (C=O) groups excluding carboxylic acids is 1. The van der Waals surface area contributed by atoms with E-state index in [0.29, 0.717) is 5.69 Å². The molecular formula is C13H21N3O3. The molecule has 0 spiro atoms. The van der Waals surface area contributed by atoms with Crippen LogP contribution in [0.1, 0.15) is 49.3 Å². The molecule has 0 aliphatic carbocycles. The average molecular weight is 267 g/mol. The van der Waals surface area contributed by atoms with Crippen molar-refractivity contribution in [2.45, 2.75) is 46.1 Å². The highest BCUT2D eigenvalue weighted by Crippen LogP contribution is 2.16. The fraction of sp³-hybridized carbons (Fsp3) is 0.538. The lowest BCUT2D eigenvalue weighted by molar-refractivity contribution is 0.0692. The molecule has 0 saturated heterocycles. The van der Waals surface area contributed by atoms with E-state index in [0.717, 1.165) is 19.3 Å². The van der Waals surface area contributed by atoms with Crippen molar-refractivity contribution < 1.29 is 14.7 Å². The van der Waals surface area contributed by atoms with Crippen LogP contribution in [0, 0.1) is 6.92 Å². The first kappa shape index (κ1) is 15.1. The normalized spacial score (nSPS) is 11.9. The highest BCUT2D eigenvalue weighted by atomic mass is 16.4. The maximum Gasteiger partial charge on any atom is 0.354 e. The van der Waals surface area contributed by atoms with E-state index >= 15 is 0 Å². The van der Waals surface area contributed by atoms with Gasteiger partial charge in [0.2, 0.25) is 0 Å². The number of carbonyl (C=O) groups is 2. The maximum atomic E-state index is 11.8. The number of aromatic amines is 1. The van der Waals surface area contributed by atoms with Crippen LogP contribution in [-0.2, 0) is 0 Å². The Balaban J connectivity index is 2.69. The van der Waals surface area contributed by atoms with Crippen LogP contribution in [0.15, 0.2) is 6.07 Å². The van der Waals surface area contributed by atoms with Crippen molar-refractivity contribution in [3.8, 4) is 0 Å². The number of aromatic nitrogens is 1. The molecule has 0 saturated carbocycles. The molecule has 1 heterocycles. The highest BCUT2D eigenvalue weighted by Gasteiger charge is 2.16. The second-order valence-electron chi connectivity index (χ2n) is 4.54. The van der Waals surface area contributed by atoms with Gasteiger partial charge < -0.3 is 20.7 Å². The van der Waals surface area contributed by atoms with E-state index in [1.165, 1.54) is 0 Å². The molecule has 0 aliphatic heterocycles. The van der Waals surface area contributed by atoms with Gasteiger partial charge in [0.1, 0.15) is 5.69 Å². The molecule has 1 aromatic heterocycles. The molecule has 4 N–H and O–H groups in total. The number of hydrogen-bond acceptors (Lipinski definition) is 2. The fourth-order valence-corrected chi connectivity index (χ4v) is 1.93. The predicted octanol–water partition coefficient (Wildman–Crippen LogP) is 2.72. The third-order valence-electron chi connectivity index (χ3n) is 2.88. The number of hydrogen-bond donors (Lipinski definition) is 4. The molecule has 19 heavy (non-hydrogen) atoms. The molecule has 1 unspecified atom stereocenters. The van der Waals surface area contributed by atoms with Crippen molar-refractivity contribution in [1.29, 1.82) is 0 Å². The Morgan fingerprint density at radius 3 is 2.63 bits per heavy atom. The SMILES string of the molecule is CCCC(CC)NC(=O)Nc1cc(C)[nH]c1C(=O)O. The van der Waals surface area contributed by atoms with Gasteiger partial charge in [-0.05, 0) is 25.8 Å². The molecule has 106 valence electrons. The van der Waals surface area contributed by atoms with E-state index in [1.807, 2.05) is 6.92 Å². The van der Waals surface area contributed by atoms with Crippen LogP contribution in [0.5, 0.6) is 0 Å². The number of carboxylic acids is 1. The largest absolute Gasteiger partial charge is 0.477 e. The lowest BCUT2D eigenvalue weighted by Gasteiger charge is -2.16. The number of anilines is 1. The van der Waals surface area contributed by atoms with Gasteiger partial charge in [-0.25, -0.2) is 9.59 Å². The standard InChI is InChI=1S/C13H21N3O3/c1-4-6-9(5-2)15-13(19)16-10-7-8(3)14-11(10)12(17)18/h7,9,14H,4-6H2,1-3H3,(H,17,18)(H2,15,16,19). The Hall–Kier alpha value is -1.98. The van der Waals surface area contributed by atoms with Crippen LogP contribution in [0.2, 0.25) is 0 Å². The first-order chi connectivity index (χ1) is 8.97. The van der Waals surface area contributed by atoms with Gasteiger partial charge in [0.15, 0.2) is 0 Å². The molecule has 6 heteroatoms. The number of urea groups is 1. The molecule has 0 aromatic carbocycles. The van der Waals surface area contributed by atoms with Gasteiger partial charge in [0.25, 0.3) is 0 Å². The van der Waals surface area contributed by atoms with Crippen LogP contribution >= 0.6 is 0 Å². The molecule has 1 rings (SSSR count). The second-order valence-corrected chi connectivity index (χ2v) is 4.54. The average Bonchev–Trinajstić information content (AvgIpc) is 2.69. The zero-order chi connectivity index (χ0) is 14.4. The van der Waals surface area contributed by atoms with E-state index in [-0.39, 0.29) is 23.5 Å². The smallest absolute Gasteiger partial charge is 0.354 e. The maximum absolute atomic E-state index is 11.8. The first-order valence-corrected chi connectivity index (χ1v) is 6.48. The summed E-state index contributed by atoms with van der Waals surface area (Å²) in [6.07, 6.45) is 2.74. The number of aryl methyl sites for hydroxylation is 1. The van der Waals surface area contributed by atoms with Gasteiger partial charge in [-0.15, -0.1) is 0 Å². The minimum Gasteiger partial charge on any atom is -0.477 e. The van der Waals surface area contributed by atoms with Gasteiger partial charge in [0, 0.05) is 11.7 Å². The number of H-pyrrole nitrogens is 1. The third kappa shape index (κ3) is 4.31. The molecule has 6 nitrogen and oxygen atoms in total. The zero-order valence-electron chi connectivity index (χ0n) is 11.5. The minimum atomic E-state index is -1.09. The minimum absolute atomic E-state index is 0.00353. The van der Waals surface area contributed by atoms with E-state index in [1.54, 1.807) is 13.0 Å². The number of aromatic carboxylic acids is 1. The van der Waals surface area contributed by atoms with Crippen molar-refractivity contribution in [1.82, 2.24) is 10.3 Å². The first-order valence-electron chi connectivity index (χ1n) is 6.48. The zero-order valence-corrected chi connectivity index (χ0v) is 11.5. The summed E-state index contributed by atoms with van der Waals surface area (Å²) >= 11 is 0. The summed E-state index contributed by atoms with van der Waals surface area (Å²) in [7, 11) is 0. The van der Waals surface area contributed by atoms with Crippen LogP contribution < -0.4 is 10.6 Å². The van der Waals surface area contributed by atoms with E-state index in [9.17, 15) is 9.59 Å². The van der Waals surface area contributed by atoms with Crippen molar-refractivity contribution in [2.75, 3.05) is 5.32 Å². The number of nitrogens with one attached hydrogen (secondary N) is 3. The summed E-state index contributed by atoms with van der Waals surface area (Å²) in [6.45, 7) is 5.80. The third-order valence-corrected chi connectivity index (χ3v) is 2.88. The summed E-state index contributed by atoms with van der Waals surface area (Å²) in [5, 5.41) is 14.4. The van der Waals surface area contributed by atoms with Crippen LogP contribution in [0.4, 0.5) is 10.5 Å².